The van der Waals surface area contributed by atoms with Gasteiger partial charge in [0.05, 0.1) is 16.8 Å². The molecule has 15 heavy (non-hydrogen) atoms. The van der Waals surface area contributed by atoms with Crippen molar-refractivity contribution >= 4 is 5.97 Å². The molecule has 0 radical (unpaired) electrons. The third kappa shape index (κ3) is 1.63. The average Bonchev–Trinajstić information content (AvgIpc) is 2.71. The molecule has 0 aliphatic rings. The van der Waals surface area contributed by atoms with Crippen molar-refractivity contribution in [3.8, 4) is 11.3 Å². The van der Waals surface area contributed by atoms with E-state index in [1.54, 1.807) is 17.9 Å². The van der Waals surface area contributed by atoms with Gasteiger partial charge in [-0.15, -0.1) is 0 Å². The summed E-state index contributed by atoms with van der Waals surface area (Å²) in [6.07, 6.45) is 3.02. The minimum absolute atomic E-state index is 0.147. The van der Waals surface area contributed by atoms with Crippen LogP contribution in [0.4, 0.5) is 0 Å². The quantitative estimate of drug-likeness (QED) is 0.811. The molecule has 0 fully saturated rings. The second-order valence-corrected chi connectivity index (χ2v) is 3.31. The van der Waals surface area contributed by atoms with Gasteiger partial charge in [-0.05, 0) is 13.0 Å². The van der Waals surface area contributed by atoms with Crippen molar-refractivity contribution in [3.05, 3.63) is 29.8 Å². The Morgan fingerprint density at radius 1 is 1.60 bits per heavy atom. The van der Waals surface area contributed by atoms with Crippen LogP contribution in [-0.4, -0.2) is 20.9 Å². The van der Waals surface area contributed by atoms with Gasteiger partial charge in [0.25, 0.3) is 0 Å². The standard InChI is InChI=1S/C10H10N2O3/c1-6-8(4-12(2)11-6)9-3-7(5-15-9)10(13)14/h3-5H,1-2H3,(H,13,14). The Morgan fingerprint density at radius 3 is 2.80 bits per heavy atom. The Hall–Kier alpha value is -2.04. The summed E-state index contributed by atoms with van der Waals surface area (Å²) < 4.78 is 6.83. The van der Waals surface area contributed by atoms with Crippen LogP contribution in [0.15, 0.2) is 22.9 Å². The molecule has 0 bridgehead atoms. The highest BCUT2D eigenvalue weighted by Crippen LogP contribution is 2.24. The minimum Gasteiger partial charge on any atom is -0.478 e. The van der Waals surface area contributed by atoms with E-state index in [1.165, 1.54) is 12.3 Å². The topological polar surface area (TPSA) is 68.3 Å². The first-order valence-electron chi connectivity index (χ1n) is 4.40. The Morgan fingerprint density at radius 2 is 2.33 bits per heavy atom. The summed E-state index contributed by atoms with van der Waals surface area (Å²) in [7, 11) is 1.80. The molecule has 2 rings (SSSR count). The number of furan rings is 1. The number of aromatic carboxylic acids is 1. The summed E-state index contributed by atoms with van der Waals surface area (Å²) in [4.78, 5) is 10.7. The van der Waals surface area contributed by atoms with E-state index in [0.29, 0.717) is 5.76 Å². The summed E-state index contributed by atoms with van der Waals surface area (Å²) in [6.45, 7) is 1.85. The molecule has 5 nitrogen and oxygen atoms in total. The van der Waals surface area contributed by atoms with Crippen molar-refractivity contribution in [3.63, 3.8) is 0 Å². The minimum atomic E-state index is -0.994. The van der Waals surface area contributed by atoms with Gasteiger partial charge in [-0.2, -0.15) is 5.10 Å². The monoisotopic (exact) mass is 206 g/mol. The predicted molar refractivity (Wildman–Crippen MR) is 52.6 cm³/mol. The van der Waals surface area contributed by atoms with Gasteiger partial charge < -0.3 is 9.52 Å². The van der Waals surface area contributed by atoms with Crippen molar-refractivity contribution in [2.24, 2.45) is 7.05 Å². The average molecular weight is 206 g/mol. The molecule has 0 atom stereocenters. The van der Waals surface area contributed by atoms with Crippen LogP contribution < -0.4 is 0 Å². The van der Waals surface area contributed by atoms with Crippen molar-refractivity contribution in [2.45, 2.75) is 6.92 Å². The number of rotatable bonds is 2. The Labute approximate surface area is 85.9 Å². The van der Waals surface area contributed by atoms with E-state index in [1.807, 2.05) is 6.92 Å². The van der Waals surface area contributed by atoms with Crippen LogP contribution >= 0.6 is 0 Å². The van der Waals surface area contributed by atoms with Crippen LogP contribution in [0.5, 0.6) is 0 Å². The summed E-state index contributed by atoms with van der Waals surface area (Å²) in [5.74, 6) is -0.468. The molecule has 2 aromatic rings. The molecule has 0 amide bonds. The van der Waals surface area contributed by atoms with Crippen molar-refractivity contribution in [1.29, 1.82) is 0 Å². The van der Waals surface area contributed by atoms with Gasteiger partial charge in [0.1, 0.15) is 12.0 Å². The number of hydrogen-bond acceptors (Lipinski definition) is 3. The van der Waals surface area contributed by atoms with E-state index in [0.717, 1.165) is 11.3 Å². The lowest BCUT2D eigenvalue weighted by Crippen LogP contribution is -1.91. The maximum absolute atomic E-state index is 10.7. The number of carboxylic acids is 1. The third-order valence-corrected chi connectivity index (χ3v) is 2.13. The molecule has 1 N–H and O–H groups in total. The van der Waals surface area contributed by atoms with Crippen LogP contribution in [-0.2, 0) is 7.05 Å². The van der Waals surface area contributed by atoms with Crippen LogP contribution in [0.1, 0.15) is 16.1 Å². The smallest absolute Gasteiger partial charge is 0.338 e. The lowest BCUT2D eigenvalue weighted by molar-refractivity contribution is 0.0696. The van der Waals surface area contributed by atoms with E-state index < -0.39 is 5.97 Å². The largest absolute Gasteiger partial charge is 0.478 e. The van der Waals surface area contributed by atoms with Crippen LogP contribution in [0.2, 0.25) is 0 Å². The molecule has 2 heterocycles. The Bertz CT molecular complexity index is 510. The van der Waals surface area contributed by atoms with Gasteiger partial charge in [-0.25, -0.2) is 4.79 Å². The van der Waals surface area contributed by atoms with Gasteiger partial charge >= 0.3 is 5.97 Å². The fourth-order valence-electron chi connectivity index (χ4n) is 1.43. The Balaban J connectivity index is 2.45. The molecule has 5 heteroatoms. The molecule has 0 aromatic carbocycles. The van der Waals surface area contributed by atoms with E-state index in [9.17, 15) is 4.79 Å². The lowest BCUT2D eigenvalue weighted by atomic mass is 10.2. The molecule has 0 aliphatic carbocycles. The first-order valence-corrected chi connectivity index (χ1v) is 4.40. The number of nitrogens with zero attached hydrogens (tertiary/aromatic N) is 2. The first-order chi connectivity index (χ1) is 7.08. The molecular formula is C10H10N2O3. The molecule has 0 aliphatic heterocycles. The highest BCUT2D eigenvalue weighted by Gasteiger charge is 2.13. The van der Waals surface area contributed by atoms with E-state index in [2.05, 4.69) is 5.10 Å². The van der Waals surface area contributed by atoms with Crippen molar-refractivity contribution < 1.29 is 14.3 Å². The fraction of sp³-hybridized carbons (Fsp3) is 0.200. The number of carboxylic acid groups (broad SMARTS) is 1. The van der Waals surface area contributed by atoms with Gasteiger partial charge in [-0.3, -0.25) is 4.68 Å². The normalized spacial score (nSPS) is 10.5. The molecule has 0 saturated carbocycles. The van der Waals surface area contributed by atoms with Crippen molar-refractivity contribution in [1.82, 2.24) is 9.78 Å². The van der Waals surface area contributed by atoms with E-state index in [4.69, 9.17) is 9.52 Å². The molecule has 2 aromatic heterocycles. The highest BCUT2D eigenvalue weighted by atomic mass is 16.4. The summed E-state index contributed by atoms with van der Waals surface area (Å²) >= 11 is 0. The highest BCUT2D eigenvalue weighted by molar-refractivity contribution is 5.88. The van der Waals surface area contributed by atoms with Crippen LogP contribution in [0.3, 0.4) is 0 Å². The van der Waals surface area contributed by atoms with Gasteiger partial charge in [-0.1, -0.05) is 0 Å². The predicted octanol–water partition coefficient (Wildman–Crippen LogP) is 1.69. The SMILES string of the molecule is Cc1nn(C)cc1-c1cc(C(=O)O)co1. The third-order valence-electron chi connectivity index (χ3n) is 2.13. The Kier molecular flexibility index (Phi) is 2.07. The van der Waals surface area contributed by atoms with E-state index in [-0.39, 0.29) is 5.56 Å². The lowest BCUT2D eigenvalue weighted by Gasteiger charge is -1.89. The first kappa shape index (κ1) is 9.51. The van der Waals surface area contributed by atoms with Gasteiger partial charge in [0.15, 0.2) is 0 Å². The fourth-order valence-corrected chi connectivity index (χ4v) is 1.43. The second-order valence-electron chi connectivity index (χ2n) is 3.31. The number of aryl methyl sites for hydroxylation is 2. The van der Waals surface area contributed by atoms with Crippen LogP contribution in [0, 0.1) is 6.92 Å². The zero-order valence-corrected chi connectivity index (χ0v) is 8.39. The maximum Gasteiger partial charge on any atom is 0.338 e. The molecule has 78 valence electrons. The molecule has 0 saturated heterocycles. The summed E-state index contributed by atoms with van der Waals surface area (Å²) in [5.41, 5.74) is 1.77. The van der Waals surface area contributed by atoms with Gasteiger partial charge in [0.2, 0.25) is 0 Å². The summed E-state index contributed by atoms with van der Waals surface area (Å²) in [6, 6.07) is 1.49. The van der Waals surface area contributed by atoms with Crippen molar-refractivity contribution in [2.75, 3.05) is 0 Å². The zero-order valence-electron chi connectivity index (χ0n) is 8.39. The molecule has 0 unspecified atom stereocenters. The van der Waals surface area contributed by atoms with Crippen LogP contribution in [0.25, 0.3) is 11.3 Å². The second kappa shape index (κ2) is 3.27. The number of aromatic nitrogens is 2. The number of hydrogen-bond donors (Lipinski definition) is 1. The number of carbonyl (C=O) groups is 1. The summed E-state index contributed by atoms with van der Waals surface area (Å²) in [5, 5.41) is 12.9. The van der Waals surface area contributed by atoms with Gasteiger partial charge in [0, 0.05) is 13.2 Å². The molecule has 0 spiro atoms. The maximum atomic E-state index is 10.7. The molecular weight excluding hydrogens is 196 g/mol. The van der Waals surface area contributed by atoms with E-state index >= 15 is 0 Å². The zero-order chi connectivity index (χ0) is 11.0.